The van der Waals surface area contributed by atoms with Gasteiger partial charge in [-0.3, -0.25) is 9.89 Å². The van der Waals surface area contributed by atoms with Gasteiger partial charge < -0.3 is 14.6 Å². The predicted molar refractivity (Wildman–Crippen MR) is 99.3 cm³/mol. The maximum atomic E-state index is 14.9. The number of aromatic amines is 1. The number of rotatable bonds is 3. The summed E-state index contributed by atoms with van der Waals surface area (Å²) in [6.45, 7) is 2.97. The second-order valence-corrected chi connectivity index (χ2v) is 7.43. The number of aryl methyl sites for hydroxylation is 1. The van der Waals surface area contributed by atoms with E-state index in [1.165, 1.54) is 6.20 Å². The minimum absolute atomic E-state index is 0.00485. The van der Waals surface area contributed by atoms with E-state index in [-0.39, 0.29) is 22.8 Å². The van der Waals surface area contributed by atoms with E-state index in [2.05, 4.69) is 15.2 Å². The van der Waals surface area contributed by atoms with Crippen LogP contribution < -0.4 is 10.3 Å². The summed E-state index contributed by atoms with van der Waals surface area (Å²) in [5, 5.41) is 16.6. The molecular formula is C19H18FN5O3. The van der Waals surface area contributed by atoms with E-state index in [0.29, 0.717) is 25.2 Å². The molecule has 28 heavy (non-hydrogen) atoms. The first-order chi connectivity index (χ1) is 13.4. The summed E-state index contributed by atoms with van der Waals surface area (Å²) >= 11 is 0. The fraction of sp³-hybridized carbons (Fsp3) is 0.368. The maximum absolute atomic E-state index is 14.9. The summed E-state index contributed by atoms with van der Waals surface area (Å²) in [5.74, 6) is -1.76. The number of hydrogen-bond donors (Lipinski definition) is 2. The van der Waals surface area contributed by atoms with Gasteiger partial charge >= 0.3 is 5.97 Å². The van der Waals surface area contributed by atoms with Crippen molar-refractivity contribution in [3.8, 4) is 0 Å². The van der Waals surface area contributed by atoms with Gasteiger partial charge in [0.15, 0.2) is 11.6 Å². The van der Waals surface area contributed by atoms with Crippen molar-refractivity contribution in [3.63, 3.8) is 0 Å². The van der Waals surface area contributed by atoms with Gasteiger partial charge in [-0.05, 0) is 25.8 Å². The Hall–Kier alpha value is -3.23. The molecule has 0 amide bonds. The van der Waals surface area contributed by atoms with E-state index >= 15 is 0 Å². The van der Waals surface area contributed by atoms with Crippen molar-refractivity contribution >= 4 is 22.8 Å². The van der Waals surface area contributed by atoms with E-state index in [0.717, 1.165) is 35.9 Å². The molecule has 4 heterocycles. The van der Waals surface area contributed by atoms with Crippen LogP contribution in [0.2, 0.25) is 0 Å². The van der Waals surface area contributed by atoms with Crippen LogP contribution in [0.15, 0.2) is 17.1 Å². The molecule has 1 saturated carbocycles. The number of aromatic nitrogens is 4. The number of fused-ring (bicyclic) bond motifs is 2. The molecule has 3 aromatic rings. The Balaban J connectivity index is 1.67. The molecule has 0 unspecified atom stereocenters. The van der Waals surface area contributed by atoms with Crippen LogP contribution in [0.3, 0.4) is 0 Å². The summed E-state index contributed by atoms with van der Waals surface area (Å²) < 4.78 is 16.7. The summed E-state index contributed by atoms with van der Waals surface area (Å²) in [6.07, 6.45) is 3.78. The number of halogens is 1. The highest BCUT2D eigenvalue weighted by atomic mass is 19.1. The van der Waals surface area contributed by atoms with E-state index in [1.54, 1.807) is 4.57 Å². The molecule has 8 nitrogen and oxygen atoms in total. The highest BCUT2D eigenvalue weighted by molar-refractivity contribution is 5.92. The quantitative estimate of drug-likeness (QED) is 0.718. The number of nitrogens with zero attached hydrogens (tertiary/aromatic N) is 4. The van der Waals surface area contributed by atoms with E-state index in [1.807, 2.05) is 11.8 Å². The first-order valence-corrected chi connectivity index (χ1v) is 9.20. The number of carboxylic acids is 1. The number of H-pyrrole nitrogens is 1. The van der Waals surface area contributed by atoms with Crippen molar-refractivity contribution in [2.24, 2.45) is 0 Å². The first-order valence-electron chi connectivity index (χ1n) is 9.20. The van der Waals surface area contributed by atoms with Crippen LogP contribution in [0.4, 0.5) is 10.2 Å². The Morgan fingerprint density at radius 2 is 2.18 bits per heavy atom. The van der Waals surface area contributed by atoms with Crippen LogP contribution in [-0.4, -0.2) is 37.4 Å². The van der Waals surface area contributed by atoms with Gasteiger partial charge in [0.1, 0.15) is 11.2 Å². The van der Waals surface area contributed by atoms with Crippen LogP contribution in [0.5, 0.6) is 0 Å². The Bertz CT molecular complexity index is 1190. The second kappa shape index (κ2) is 5.88. The van der Waals surface area contributed by atoms with Crippen LogP contribution in [0, 0.1) is 12.7 Å². The zero-order valence-corrected chi connectivity index (χ0v) is 15.2. The lowest BCUT2D eigenvalue weighted by Gasteiger charge is -2.28. The molecular weight excluding hydrogens is 365 g/mol. The Labute approximate surface area is 158 Å². The van der Waals surface area contributed by atoms with Gasteiger partial charge in [-0.25, -0.2) is 14.2 Å². The van der Waals surface area contributed by atoms with Gasteiger partial charge in [0.2, 0.25) is 5.43 Å². The smallest absolute Gasteiger partial charge is 0.341 e. The van der Waals surface area contributed by atoms with Gasteiger partial charge in [-0.1, -0.05) is 0 Å². The van der Waals surface area contributed by atoms with Gasteiger partial charge in [-0.2, -0.15) is 5.10 Å². The average molecular weight is 383 g/mol. The van der Waals surface area contributed by atoms with E-state index in [9.17, 15) is 19.1 Å². The van der Waals surface area contributed by atoms with Crippen molar-refractivity contribution < 1.29 is 14.3 Å². The van der Waals surface area contributed by atoms with Crippen molar-refractivity contribution in [2.45, 2.75) is 38.8 Å². The molecule has 0 aromatic carbocycles. The lowest BCUT2D eigenvalue weighted by atomic mass is 10.1. The lowest BCUT2D eigenvalue weighted by Crippen LogP contribution is -2.32. The van der Waals surface area contributed by atoms with Gasteiger partial charge in [0.05, 0.1) is 11.1 Å². The normalized spacial score (nSPS) is 16.4. The number of anilines is 1. The van der Waals surface area contributed by atoms with Crippen LogP contribution in [-0.2, 0) is 13.0 Å². The minimum atomic E-state index is -1.32. The number of carbonyl (C=O) groups is 1. The third-order valence-electron chi connectivity index (χ3n) is 5.54. The highest BCUT2D eigenvalue weighted by Gasteiger charge is 2.30. The van der Waals surface area contributed by atoms with Crippen molar-refractivity contribution in [1.82, 2.24) is 19.7 Å². The molecule has 1 aliphatic carbocycles. The third-order valence-corrected chi connectivity index (χ3v) is 5.54. The maximum Gasteiger partial charge on any atom is 0.341 e. The molecule has 3 aromatic heterocycles. The summed E-state index contributed by atoms with van der Waals surface area (Å²) in [4.78, 5) is 30.3. The van der Waals surface area contributed by atoms with Crippen molar-refractivity contribution in [3.05, 3.63) is 50.8 Å². The molecule has 5 rings (SSSR count). The van der Waals surface area contributed by atoms with E-state index in [4.69, 9.17) is 0 Å². The second-order valence-electron chi connectivity index (χ2n) is 7.43. The minimum Gasteiger partial charge on any atom is -0.477 e. The lowest BCUT2D eigenvalue weighted by molar-refractivity contribution is 0.0695. The van der Waals surface area contributed by atoms with Crippen LogP contribution >= 0.6 is 0 Å². The standard InChI is InChI=1S/C19H18FN5O3/c1-9-12-7-24(5-4-15(12)23-22-9)18-14(20)6-11-16(26)13(19(27)28)8-25(10-2-3-10)17(11)21-18/h6,8,10H,2-5,7H2,1H3,(H,22,23)(H,27,28). The van der Waals surface area contributed by atoms with E-state index < -0.39 is 17.2 Å². The zero-order valence-electron chi connectivity index (χ0n) is 15.2. The van der Waals surface area contributed by atoms with Crippen molar-refractivity contribution in [1.29, 1.82) is 0 Å². The monoisotopic (exact) mass is 383 g/mol. The molecule has 2 aliphatic rings. The molecule has 0 atom stereocenters. The number of aromatic carboxylic acids is 1. The van der Waals surface area contributed by atoms with Crippen molar-refractivity contribution in [2.75, 3.05) is 11.4 Å². The first kappa shape index (κ1) is 16.9. The molecule has 0 spiro atoms. The molecule has 0 bridgehead atoms. The number of nitrogens with one attached hydrogen (secondary N) is 1. The molecule has 1 aliphatic heterocycles. The Kier molecular flexibility index (Phi) is 3.55. The summed E-state index contributed by atoms with van der Waals surface area (Å²) in [7, 11) is 0. The Morgan fingerprint density at radius 3 is 2.89 bits per heavy atom. The fourth-order valence-electron chi connectivity index (χ4n) is 3.85. The van der Waals surface area contributed by atoms with Crippen LogP contribution in [0.25, 0.3) is 11.0 Å². The topological polar surface area (TPSA) is 104 Å². The zero-order chi connectivity index (χ0) is 19.6. The summed E-state index contributed by atoms with van der Waals surface area (Å²) in [5.41, 5.74) is 2.24. The Morgan fingerprint density at radius 1 is 1.39 bits per heavy atom. The molecule has 0 saturated heterocycles. The predicted octanol–water partition coefficient (Wildman–Crippen LogP) is 2.16. The fourth-order valence-corrected chi connectivity index (χ4v) is 3.85. The molecule has 0 radical (unpaired) electrons. The molecule has 144 valence electrons. The summed E-state index contributed by atoms with van der Waals surface area (Å²) in [6, 6.07) is 1.22. The number of hydrogen-bond acceptors (Lipinski definition) is 5. The molecule has 1 fully saturated rings. The third kappa shape index (κ3) is 2.49. The molecule has 9 heteroatoms. The highest BCUT2D eigenvalue weighted by Crippen LogP contribution is 2.37. The largest absolute Gasteiger partial charge is 0.477 e. The average Bonchev–Trinajstić information content (AvgIpc) is 3.45. The number of pyridine rings is 2. The van der Waals surface area contributed by atoms with Crippen LogP contribution in [0.1, 0.15) is 46.2 Å². The van der Waals surface area contributed by atoms with Gasteiger partial charge in [0, 0.05) is 43.0 Å². The molecule has 2 N–H and O–H groups in total. The number of carboxylic acid groups (broad SMARTS) is 1. The van der Waals surface area contributed by atoms with Gasteiger partial charge in [0.25, 0.3) is 0 Å². The SMILES string of the molecule is Cc1[nH]nc2c1CN(c1nc3c(cc1F)c(=O)c(C(=O)O)cn3C1CC1)CC2. The van der Waals surface area contributed by atoms with Gasteiger partial charge in [-0.15, -0.1) is 0 Å².